The first-order valence-electron chi connectivity index (χ1n) is 6.88. The smallest absolute Gasteiger partial charge is 0.126 e. The van der Waals surface area contributed by atoms with Gasteiger partial charge in [0, 0.05) is 18.0 Å². The van der Waals surface area contributed by atoms with Crippen molar-refractivity contribution in [3.8, 4) is 5.75 Å². The van der Waals surface area contributed by atoms with Gasteiger partial charge in [-0.05, 0) is 23.6 Å². The average Bonchev–Trinajstić information content (AvgIpc) is 2.47. The third kappa shape index (κ3) is 2.36. The van der Waals surface area contributed by atoms with E-state index >= 15 is 0 Å². The summed E-state index contributed by atoms with van der Waals surface area (Å²) in [6.07, 6.45) is 1.97. The number of rotatable bonds is 2. The van der Waals surface area contributed by atoms with Crippen molar-refractivity contribution in [2.24, 2.45) is 5.73 Å². The summed E-state index contributed by atoms with van der Waals surface area (Å²) < 4.78 is 6.08. The van der Waals surface area contributed by atoms with Crippen molar-refractivity contribution in [2.45, 2.75) is 31.9 Å². The minimum atomic E-state index is 0.0563. The molecule has 1 aliphatic heterocycles. The predicted molar refractivity (Wildman–Crippen MR) is 77.2 cm³/mol. The Labute approximate surface area is 114 Å². The molecule has 2 nitrogen and oxygen atoms in total. The van der Waals surface area contributed by atoms with Gasteiger partial charge in [-0.2, -0.15) is 0 Å². The molecule has 0 aromatic heterocycles. The van der Waals surface area contributed by atoms with Crippen molar-refractivity contribution < 1.29 is 4.74 Å². The number of para-hydroxylation sites is 1. The van der Waals surface area contributed by atoms with Crippen molar-refractivity contribution in [1.82, 2.24) is 0 Å². The lowest BCUT2D eigenvalue weighted by Crippen LogP contribution is -2.24. The molecule has 0 bridgehead atoms. The minimum absolute atomic E-state index is 0.0563. The van der Waals surface area contributed by atoms with Gasteiger partial charge >= 0.3 is 0 Å². The number of hydrogen-bond donors (Lipinski definition) is 1. The number of hydrogen-bond acceptors (Lipinski definition) is 2. The van der Waals surface area contributed by atoms with E-state index in [0.717, 1.165) is 24.2 Å². The van der Waals surface area contributed by atoms with E-state index in [1.165, 1.54) is 11.1 Å². The fourth-order valence-electron chi connectivity index (χ4n) is 2.63. The normalized spacial score (nSPS) is 21.6. The summed E-state index contributed by atoms with van der Waals surface area (Å²) in [7, 11) is 0. The van der Waals surface area contributed by atoms with Crippen LogP contribution in [0.15, 0.2) is 48.5 Å². The molecule has 2 aromatic rings. The second-order valence-corrected chi connectivity index (χ2v) is 5.08. The van der Waals surface area contributed by atoms with Crippen molar-refractivity contribution >= 4 is 0 Å². The molecule has 98 valence electrons. The fraction of sp³-hybridized carbons (Fsp3) is 0.294. The Morgan fingerprint density at radius 1 is 1.11 bits per heavy atom. The molecule has 2 heteroatoms. The molecule has 0 saturated carbocycles. The van der Waals surface area contributed by atoms with Gasteiger partial charge in [-0.3, -0.25) is 0 Å². The quantitative estimate of drug-likeness (QED) is 0.884. The summed E-state index contributed by atoms with van der Waals surface area (Å²) in [6.45, 7) is 2.16. The summed E-state index contributed by atoms with van der Waals surface area (Å²) in [6, 6.07) is 16.8. The van der Waals surface area contributed by atoms with Crippen molar-refractivity contribution in [3.63, 3.8) is 0 Å². The third-order valence-electron chi connectivity index (χ3n) is 3.82. The first-order chi connectivity index (χ1) is 9.28. The number of fused-ring (bicyclic) bond motifs is 1. The highest BCUT2D eigenvalue weighted by Crippen LogP contribution is 2.39. The standard InChI is InChI=1S/C17H19NO/c1-2-12-7-9-13(10-8-12)17-11-15(18)14-5-3-4-6-16(14)19-17/h3-10,15,17H,2,11,18H2,1H3/t15-,17?/m1/s1. The monoisotopic (exact) mass is 253 g/mol. The van der Waals surface area contributed by atoms with Crippen LogP contribution < -0.4 is 10.5 Å². The maximum Gasteiger partial charge on any atom is 0.126 e. The highest BCUT2D eigenvalue weighted by atomic mass is 16.5. The van der Waals surface area contributed by atoms with Crippen molar-refractivity contribution in [2.75, 3.05) is 0 Å². The molecule has 0 radical (unpaired) electrons. The number of benzene rings is 2. The topological polar surface area (TPSA) is 35.2 Å². The zero-order valence-electron chi connectivity index (χ0n) is 11.2. The Kier molecular flexibility index (Phi) is 3.26. The molecule has 19 heavy (non-hydrogen) atoms. The average molecular weight is 253 g/mol. The Hall–Kier alpha value is -1.80. The van der Waals surface area contributed by atoms with E-state index in [-0.39, 0.29) is 12.1 Å². The Bertz CT molecular complexity index is 562. The largest absolute Gasteiger partial charge is 0.485 e. The molecular weight excluding hydrogens is 234 g/mol. The Morgan fingerprint density at radius 3 is 2.58 bits per heavy atom. The SMILES string of the molecule is CCc1ccc(C2C[C@@H](N)c3ccccc3O2)cc1. The molecular formula is C17H19NO. The molecule has 0 amide bonds. The van der Waals surface area contributed by atoms with Crippen LogP contribution in [0.3, 0.4) is 0 Å². The molecule has 0 aliphatic carbocycles. The number of nitrogens with two attached hydrogens (primary N) is 1. The summed E-state index contributed by atoms with van der Waals surface area (Å²) in [5, 5.41) is 0. The third-order valence-corrected chi connectivity index (χ3v) is 3.82. The van der Waals surface area contributed by atoms with Crippen LogP contribution in [0.5, 0.6) is 5.75 Å². The molecule has 3 rings (SSSR count). The van der Waals surface area contributed by atoms with Crippen LogP contribution >= 0.6 is 0 Å². The van der Waals surface area contributed by atoms with E-state index in [4.69, 9.17) is 10.5 Å². The van der Waals surface area contributed by atoms with Crippen LogP contribution in [0.4, 0.5) is 0 Å². The molecule has 1 aliphatic rings. The second kappa shape index (κ2) is 5.06. The van der Waals surface area contributed by atoms with Gasteiger partial charge in [-0.1, -0.05) is 49.4 Å². The second-order valence-electron chi connectivity index (χ2n) is 5.08. The van der Waals surface area contributed by atoms with Gasteiger partial charge in [0.05, 0.1) is 0 Å². The lowest BCUT2D eigenvalue weighted by atomic mass is 9.93. The van der Waals surface area contributed by atoms with Gasteiger partial charge in [-0.25, -0.2) is 0 Å². The van der Waals surface area contributed by atoms with Gasteiger partial charge in [-0.15, -0.1) is 0 Å². The number of aryl methyl sites for hydroxylation is 1. The number of ether oxygens (including phenoxy) is 1. The molecule has 1 unspecified atom stereocenters. The fourth-order valence-corrected chi connectivity index (χ4v) is 2.63. The highest BCUT2D eigenvalue weighted by Gasteiger charge is 2.26. The molecule has 2 atom stereocenters. The molecule has 0 fully saturated rings. The van der Waals surface area contributed by atoms with Crippen molar-refractivity contribution in [1.29, 1.82) is 0 Å². The van der Waals surface area contributed by atoms with Gasteiger partial charge < -0.3 is 10.5 Å². The molecule has 0 saturated heterocycles. The Morgan fingerprint density at radius 2 is 1.84 bits per heavy atom. The minimum Gasteiger partial charge on any atom is -0.485 e. The summed E-state index contributed by atoms with van der Waals surface area (Å²) >= 11 is 0. The lowest BCUT2D eigenvalue weighted by molar-refractivity contribution is 0.161. The van der Waals surface area contributed by atoms with Gasteiger partial charge in [0.25, 0.3) is 0 Å². The van der Waals surface area contributed by atoms with E-state index in [1.807, 2.05) is 18.2 Å². The van der Waals surface area contributed by atoms with Crippen LogP contribution in [0, 0.1) is 0 Å². The van der Waals surface area contributed by atoms with Crippen LogP contribution in [-0.2, 0) is 6.42 Å². The van der Waals surface area contributed by atoms with Gasteiger partial charge in [0.1, 0.15) is 11.9 Å². The molecule has 2 aromatic carbocycles. The predicted octanol–water partition coefficient (Wildman–Crippen LogP) is 3.77. The van der Waals surface area contributed by atoms with E-state index in [9.17, 15) is 0 Å². The van der Waals surface area contributed by atoms with Crippen LogP contribution in [-0.4, -0.2) is 0 Å². The van der Waals surface area contributed by atoms with E-state index in [0.29, 0.717) is 0 Å². The van der Waals surface area contributed by atoms with Gasteiger partial charge in [0.2, 0.25) is 0 Å². The van der Waals surface area contributed by atoms with Crippen LogP contribution in [0.2, 0.25) is 0 Å². The maximum absolute atomic E-state index is 6.25. The summed E-state index contributed by atoms with van der Waals surface area (Å²) in [4.78, 5) is 0. The van der Waals surface area contributed by atoms with Crippen molar-refractivity contribution in [3.05, 3.63) is 65.2 Å². The van der Waals surface area contributed by atoms with Gasteiger partial charge in [0.15, 0.2) is 0 Å². The molecule has 0 spiro atoms. The van der Waals surface area contributed by atoms with E-state index in [2.05, 4.69) is 37.3 Å². The first-order valence-corrected chi connectivity index (χ1v) is 6.88. The highest BCUT2D eigenvalue weighted by molar-refractivity contribution is 5.39. The van der Waals surface area contributed by atoms with Crippen LogP contribution in [0.25, 0.3) is 0 Å². The summed E-state index contributed by atoms with van der Waals surface area (Å²) in [5.74, 6) is 0.922. The zero-order chi connectivity index (χ0) is 13.2. The molecule has 2 N–H and O–H groups in total. The lowest BCUT2D eigenvalue weighted by Gasteiger charge is -2.30. The molecule has 1 heterocycles. The zero-order valence-corrected chi connectivity index (χ0v) is 11.2. The van der Waals surface area contributed by atoms with E-state index in [1.54, 1.807) is 0 Å². The van der Waals surface area contributed by atoms with E-state index < -0.39 is 0 Å². The maximum atomic E-state index is 6.25. The Balaban J connectivity index is 1.87. The van der Waals surface area contributed by atoms with Crippen LogP contribution in [0.1, 0.15) is 42.2 Å². The summed E-state index contributed by atoms with van der Waals surface area (Å²) in [5.41, 5.74) is 9.93. The first kappa shape index (κ1) is 12.2.